The van der Waals surface area contributed by atoms with Crippen LogP contribution in [0.25, 0.3) is 10.9 Å². The fourth-order valence-electron chi connectivity index (χ4n) is 4.58. The van der Waals surface area contributed by atoms with Crippen molar-refractivity contribution < 1.29 is 13.2 Å². The lowest BCUT2D eigenvalue weighted by molar-refractivity contribution is 0.0164. The SMILES string of the molecule is Cn1cc([C@@H]2c3ccccc3[C@@H](OCc3ccccc3)CN2[SH](=O)=O)c2ccccc21. The molecular formula is C25H24N2O3S. The first-order valence-corrected chi connectivity index (χ1v) is 11.5. The third kappa shape index (κ3) is 3.67. The van der Waals surface area contributed by atoms with E-state index in [-0.39, 0.29) is 18.7 Å². The van der Waals surface area contributed by atoms with E-state index >= 15 is 0 Å². The maximum Gasteiger partial charge on any atom is 0.204 e. The van der Waals surface area contributed by atoms with Gasteiger partial charge in [-0.2, -0.15) is 4.31 Å². The predicted octanol–water partition coefficient (Wildman–Crippen LogP) is 4.37. The van der Waals surface area contributed by atoms with E-state index in [1.165, 1.54) is 0 Å². The van der Waals surface area contributed by atoms with Crippen molar-refractivity contribution in [3.05, 3.63) is 107 Å². The molecule has 5 rings (SSSR count). The van der Waals surface area contributed by atoms with Gasteiger partial charge >= 0.3 is 0 Å². The van der Waals surface area contributed by atoms with Gasteiger partial charge in [-0.05, 0) is 22.8 Å². The quantitative estimate of drug-likeness (QED) is 0.477. The van der Waals surface area contributed by atoms with Crippen molar-refractivity contribution in [2.75, 3.05) is 6.54 Å². The van der Waals surface area contributed by atoms with Gasteiger partial charge in [0.15, 0.2) is 0 Å². The fourth-order valence-corrected chi connectivity index (χ4v) is 5.30. The highest BCUT2D eigenvalue weighted by atomic mass is 32.2. The molecule has 1 aliphatic heterocycles. The predicted molar refractivity (Wildman–Crippen MR) is 122 cm³/mol. The number of hydrogen-bond acceptors (Lipinski definition) is 3. The summed E-state index contributed by atoms with van der Waals surface area (Å²) in [6.07, 6.45) is 1.72. The van der Waals surface area contributed by atoms with Crippen LogP contribution in [-0.4, -0.2) is 23.8 Å². The molecular weight excluding hydrogens is 408 g/mol. The Bertz CT molecular complexity index is 1290. The van der Waals surface area contributed by atoms with Crippen LogP contribution in [0, 0.1) is 0 Å². The molecule has 31 heavy (non-hydrogen) atoms. The smallest absolute Gasteiger partial charge is 0.204 e. The summed E-state index contributed by atoms with van der Waals surface area (Å²) in [4.78, 5) is 0. The Morgan fingerprint density at radius 3 is 2.32 bits per heavy atom. The standard InChI is InChI=1S/C25H24N2O3S/c1-26-15-22(19-11-7-8-14-23(19)26)25-21-13-6-5-12-20(21)24(16-27(25)31(28)29)30-17-18-9-3-2-4-10-18/h2-15,24-25,31H,16-17H2,1H3/t24-,25-/m0/s1. The molecule has 0 fully saturated rings. The van der Waals surface area contributed by atoms with Crippen LogP contribution in [0.4, 0.5) is 0 Å². The highest BCUT2D eigenvalue weighted by molar-refractivity contribution is 7.69. The zero-order valence-corrected chi connectivity index (χ0v) is 18.1. The van der Waals surface area contributed by atoms with Crippen LogP contribution >= 0.6 is 0 Å². The first-order chi connectivity index (χ1) is 15.1. The molecule has 0 saturated heterocycles. The summed E-state index contributed by atoms with van der Waals surface area (Å²) in [6.45, 7) is 0.721. The van der Waals surface area contributed by atoms with E-state index < -0.39 is 10.9 Å². The second-order valence-electron chi connectivity index (χ2n) is 7.89. The molecule has 6 heteroatoms. The molecule has 0 saturated carbocycles. The molecule has 1 aromatic heterocycles. The highest BCUT2D eigenvalue weighted by Gasteiger charge is 2.37. The molecule has 2 atom stereocenters. The Labute approximate surface area is 183 Å². The zero-order valence-electron chi connectivity index (χ0n) is 17.2. The first kappa shape index (κ1) is 20.0. The fraction of sp³-hybridized carbons (Fsp3) is 0.200. The number of rotatable bonds is 5. The lowest BCUT2D eigenvalue weighted by Gasteiger charge is -2.37. The summed E-state index contributed by atoms with van der Waals surface area (Å²) in [5.74, 6) is 0. The molecule has 0 bridgehead atoms. The van der Waals surface area contributed by atoms with Crippen molar-refractivity contribution in [3.8, 4) is 0 Å². The van der Waals surface area contributed by atoms with Gasteiger partial charge in [0.25, 0.3) is 0 Å². The first-order valence-electron chi connectivity index (χ1n) is 10.3. The van der Waals surface area contributed by atoms with E-state index in [2.05, 4.69) is 22.8 Å². The van der Waals surface area contributed by atoms with Crippen molar-refractivity contribution >= 4 is 21.8 Å². The molecule has 0 radical (unpaired) electrons. The van der Waals surface area contributed by atoms with Crippen LogP contribution < -0.4 is 0 Å². The molecule has 0 amide bonds. The van der Waals surface area contributed by atoms with Gasteiger partial charge in [0.2, 0.25) is 10.9 Å². The summed E-state index contributed by atoms with van der Waals surface area (Å²) < 4.78 is 34.7. The largest absolute Gasteiger partial charge is 0.367 e. The molecule has 1 aliphatic rings. The van der Waals surface area contributed by atoms with E-state index in [1.807, 2.05) is 73.9 Å². The number of benzene rings is 3. The van der Waals surface area contributed by atoms with Gasteiger partial charge in [-0.1, -0.05) is 72.8 Å². The number of thiol groups is 1. The number of aryl methyl sites for hydroxylation is 1. The maximum absolute atomic E-state index is 12.4. The van der Waals surface area contributed by atoms with E-state index in [1.54, 1.807) is 4.31 Å². The van der Waals surface area contributed by atoms with Gasteiger partial charge in [0, 0.05) is 36.3 Å². The Kier molecular flexibility index (Phi) is 5.36. The molecule has 0 aliphatic carbocycles. The van der Waals surface area contributed by atoms with Crippen LogP contribution in [0.5, 0.6) is 0 Å². The Balaban J connectivity index is 1.59. The minimum Gasteiger partial charge on any atom is -0.367 e. The van der Waals surface area contributed by atoms with Gasteiger partial charge < -0.3 is 9.30 Å². The molecule has 158 valence electrons. The van der Waals surface area contributed by atoms with Gasteiger partial charge in [-0.3, -0.25) is 0 Å². The molecule has 0 spiro atoms. The summed E-state index contributed by atoms with van der Waals surface area (Å²) in [5, 5.41) is 1.07. The lowest BCUT2D eigenvalue weighted by atomic mass is 9.88. The second-order valence-corrected chi connectivity index (χ2v) is 8.88. The Morgan fingerprint density at radius 1 is 0.871 bits per heavy atom. The monoisotopic (exact) mass is 432 g/mol. The summed E-state index contributed by atoms with van der Waals surface area (Å²) in [6, 6.07) is 25.7. The van der Waals surface area contributed by atoms with Crippen LogP contribution in [0.1, 0.15) is 34.4 Å². The van der Waals surface area contributed by atoms with Gasteiger partial charge in [-0.15, -0.1) is 0 Å². The number of hydrogen-bond donors (Lipinski definition) is 1. The van der Waals surface area contributed by atoms with Crippen molar-refractivity contribution in [1.82, 2.24) is 8.87 Å². The molecule has 0 N–H and O–H groups in total. The molecule has 3 aromatic carbocycles. The maximum atomic E-state index is 12.4. The van der Waals surface area contributed by atoms with Gasteiger partial charge in [0.1, 0.15) is 0 Å². The van der Waals surface area contributed by atoms with E-state index in [4.69, 9.17) is 4.74 Å². The number of fused-ring (bicyclic) bond motifs is 2. The van der Waals surface area contributed by atoms with Gasteiger partial charge in [0.05, 0.1) is 18.8 Å². The van der Waals surface area contributed by atoms with Crippen molar-refractivity contribution in [1.29, 1.82) is 0 Å². The van der Waals surface area contributed by atoms with E-state index in [0.717, 1.165) is 33.2 Å². The molecule has 2 heterocycles. The van der Waals surface area contributed by atoms with Crippen molar-refractivity contribution in [2.45, 2.75) is 18.8 Å². The second kappa shape index (κ2) is 8.30. The third-order valence-electron chi connectivity index (χ3n) is 6.01. The minimum atomic E-state index is -2.80. The third-order valence-corrected chi connectivity index (χ3v) is 6.83. The summed E-state index contributed by atoms with van der Waals surface area (Å²) >= 11 is 0. The van der Waals surface area contributed by atoms with Crippen molar-refractivity contribution in [3.63, 3.8) is 0 Å². The lowest BCUT2D eigenvalue weighted by Crippen LogP contribution is -2.38. The minimum absolute atomic E-state index is 0.288. The average Bonchev–Trinajstić information content (AvgIpc) is 3.14. The average molecular weight is 433 g/mol. The molecule has 4 aromatic rings. The van der Waals surface area contributed by atoms with E-state index in [0.29, 0.717) is 6.61 Å². The van der Waals surface area contributed by atoms with Crippen LogP contribution in [0.2, 0.25) is 0 Å². The van der Waals surface area contributed by atoms with Crippen LogP contribution in [0.3, 0.4) is 0 Å². The molecule has 0 unspecified atom stereocenters. The highest BCUT2D eigenvalue weighted by Crippen LogP contribution is 2.43. The van der Waals surface area contributed by atoms with Crippen LogP contribution in [0.15, 0.2) is 85.1 Å². The number of aromatic nitrogens is 1. The Hall–Kier alpha value is -2.93. The van der Waals surface area contributed by atoms with Gasteiger partial charge in [-0.25, -0.2) is 8.42 Å². The van der Waals surface area contributed by atoms with E-state index in [9.17, 15) is 8.42 Å². The summed E-state index contributed by atoms with van der Waals surface area (Å²) in [7, 11) is -0.806. The summed E-state index contributed by atoms with van der Waals surface area (Å²) in [5.41, 5.74) is 5.16. The number of ether oxygens (including phenoxy) is 1. The number of para-hydroxylation sites is 1. The van der Waals surface area contributed by atoms with Crippen LogP contribution in [-0.2, 0) is 29.3 Å². The number of nitrogens with zero attached hydrogens (tertiary/aromatic N) is 2. The topological polar surface area (TPSA) is 51.5 Å². The van der Waals surface area contributed by atoms with Crippen molar-refractivity contribution in [2.24, 2.45) is 7.05 Å². The zero-order chi connectivity index (χ0) is 21.4. The molecule has 5 nitrogen and oxygen atoms in total. The Morgan fingerprint density at radius 2 is 1.55 bits per heavy atom. The normalized spacial score (nSPS) is 19.0.